The molecule has 0 aliphatic heterocycles. The Morgan fingerprint density at radius 2 is 2.04 bits per heavy atom. The molecule has 0 radical (unpaired) electrons. The molecule has 2 aromatic carbocycles. The number of methoxy groups -OCH3 is 1. The second-order valence-corrected chi connectivity index (χ2v) is 5.51. The highest BCUT2D eigenvalue weighted by Gasteiger charge is 2.08. The molecule has 6 nitrogen and oxygen atoms in total. The summed E-state index contributed by atoms with van der Waals surface area (Å²) in [6.07, 6.45) is 1.44. The molecule has 0 aliphatic carbocycles. The Balaban J connectivity index is 2.09. The fourth-order valence-corrected chi connectivity index (χ4v) is 2.31. The molecule has 126 valence electrons. The first-order chi connectivity index (χ1) is 11.5. The second kappa shape index (κ2) is 8.42. The van der Waals surface area contributed by atoms with E-state index < -0.39 is 6.03 Å². The predicted molar refractivity (Wildman–Crippen MR) is 94.1 cm³/mol. The maximum Gasteiger partial charge on any atom is 0.332 e. The summed E-state index contributed by atoms with van der Waals surface area (Å²) in [5.74, 6) is 1.06. The number of primary amides is 1. The largest absolute Gasteiger partial charge is 0.493 e. The molecule has 24 heavy (non-hydrogen) atoms. The normalized spacial score (nSPS) is 10.6. The van der Waals surface area contributed by atoms with Gasteiger partial charge in [-0.05, 0) is 35.9 Å². The monoisotopic (exact) mass is 367 g/mol. The van der Waals surface area contributed by atoms with E-state index in [2.05, 4.69) is 10.5 Å². The summed E-state index contributed by atoms with van der Waals surface area (Å²) < 4.78 is 11.0. The molecule has 0 fully saturated rings. The van der Waals surface area contributed by atoms with Crippen molar-refractivity contribution in [3.63, 3.8) is 0 Å². The molecule has 0 spiro atoms. The average molecular weight is 368 g/mol. The van der Waals surface area contributed by atoms with Crippen LogP contribution >= 0.6 is 23.2 Å². The van der Waals surface area contributed by atoms with Gasteiger partial charge >= 0.3 is 6.03 Å². The van der Waals surface area contributed by atoms with Crippen molar-refractivity contribution in [3.05, 3.63) is 57.6 Å². The van der Waals surface area contributed by atoms with Crippen LogP contribution in [0, 0.1) is 0 Å². The van der Waals surface area contributed by atoms with Crippen molar-refractivity contribution < 1.29 is 14.3 Å². The predicted octanol–water partition coefficient (Wildman–Crippen LogP) is 3.58. The van der Waals surface area contributed by atoms with Crippen LogP contribution in [0.15, 0.2) is 41.5 Å². The third-order valence-electron chi connectivity index (χ3n) is 2.97. The fraction of sp³-hybridized carbons (Fsp3) is 0.125. The Bertz CT molecular complexity index is 766. The van der Waals surface area contributed by atoms with Crippen LogP contribution in [0.25, 0.3) is 0 Å². The van der Waals surface area contributed by atoms with Gasteiger partial charge in [-0.1, -0.05) is 29.3 Å². The molecule has 2 aromatic rings. The Kier molecular flexibility index (Phi) is 6.28. The third kappa shape index (κ3) is 5.04. The molecule has 0 aliphatic rings. The summed E-state index contributed by atoms with van der Waals surface area (Å²) in [6, 6.07) is 9.66. The number of nitrogens with two attached hydrogens (primary N) is 1. The first kappa shape index (κ1) is 17.9. The molecule has 0 aromatic heterocycles. The lowest BCUT2D eigenvalue weighted by molar-refractivity contribution is 0.249. The number of benzene rings is 2. The van der Waals surface area contributed by atoms with E-state index >= 15 is 0 Å². The topological polar surface area (TPSA) is 85.9 Å². The summed E-state index contributed by atoms with van der Waals surface area (Å²) >= 11 is 12.0. The van der Waals surface area contributed by atoms with E-state index in [0.717, 1.165) is 5.56 Å². The minimum Gasteiger partial charge on any atom is -0.493 e. The first-order valence-corrected chi connectivity index (χ1v) is 7.58. The van der Waals surface area contributed by atoms with Gasteiger partial charge in [0.1, 0.15) is 6.61 Å². The summed E-state index contributed by atoms with van der Waals surface area (Å²) in [6.45, 7) is 0.267. The van der Waals surface area contributed by atoms with Crippen molar-refractivity contribution in [1.29, 1.82) is 0 Å². The van der Waals surface area contributed by atoms with Crippen LogP contribution in [0.1, 0.15) is 11.1 Å². The van der Waals surface area contributed by atoms with Crippen LogP contribution in [0.5, 0.6) is 11.5 Å². The van der Waals surface area contributed by atoms with Crippen LogP contribution < -0.4 is 20.6 Å². The summed E-state index contributed by atoms with van der Waals surface area (Å²) in [7, 11) is 1.53. The summed E-state index contributed by atoms with van der Waals surface area (Å²) in [5, 5.41) is 4.78. The van der Waals surface area contributed by atoms with Crippen LogP contribution in [0.4, 0.5) is 4.79 Å². The Hall–Kier alpha value is -2.44. The average Bonchev–Trinajstić information content (AvgIpc) is 2.54. The Labute approximate surface area is 149 Å². The van der Waals surface area contributed by atoms with Crippen LogP contribution in [-0.2, 0) is 6.61 Å². The Morgan fingerprint density at radius 1 is 1.25 bits per heavy atom. The summed E-state index contributed by atoms with van der Waals surface area (Å²) in [5.41, 5.74) is 8.55. The fourth-order valence-electron chi connectivity index (χ4n) is 1.85. The first-order valence-electron chi connectivity index (χ1n) is 6.83. The molecule has 8 heteroatoms. The molecular formula is C16H15Cl2N3O3. The molecule has 0 saturated heterocycles. The van der Waals surface area contributed by atoms with E-state index in [4.69, 9.17) is 38.4 Å². The van der Waals surface area contributed by atoms with Crippen molar-refractivity contribution in [1.82, 2.24) is 5.43 Å². The zero-order valence-corrected chi connectivity index (χ0v) is 14.3. The van der Waals surface area contributed by atoms with Crippen LogP contribution in [-0.4, -0.2) is 19.4 Å². The van der Waals surface area contributed by atoms with Gasteiger partial charge in [0.05, 0.1) is 13.3 Å². The standard InChI is InChI=1S/C16H15Cl2N3O3/c1-23-15-6-10(8-20-21-16(19)22)2-5-14(15)24-9-11-3-4-12(17)7-13(11)18/h2-8H,9H2,1H3,(H3,19,21,22). The summed E-state index contributed by atoms with van der Waals surface area (Å²) in [4.78, 5) is 10.6. The van der Waals surface area contributed by atoms with Crippen molar-refractivity contribution in [2.45, 2.75) is 6.61 Å². The SMILES string of the molecule is COc1cc(C=NNC(N)=O)ccc1OCc1ccc(Cl)cc1Cl. The molecule has 2 amide bonds. The molecule has 0 atom stereocenters. The number of nitrogens with one attached hydrogen (secondary N) is 1. The van der Waals surface area contributed by atoms with Gasteiger partial charge in [0.15, 0.2) is 11.5 Å². The number of amides is 2. The lowest BCUT2D eigenvalue weighted by Gasteiger charge is -2.12. The van der Waals surface area contributed by atoms with Gasteiger partial charge in [0, 0.05) is 15.6 Å². The van der Waals surface area contributed by atoms with Gasteiger partial charge < -0.3 is 15.2 Å². The maximum atomic E-state index is 10.6. The van der Waals surface area contributed by atoms with E-state index in [1.807, 2.05) is 0 Å². The molecular weight excluding hydrogens is 353 g/mol. The molecule has 0 heterocycles. The third-order valence-corrected chi connectivity index (χ3v) is 3.56. The van der Waals surface area contributed by atoms with E-state index in [0.29, 0.717) is 27.1 Å². The maximum absolute atomic E-state index is 10.6. The highest BCUT2D eigenvalue weighted by Crippen LogP contribution is 2.29. The number of urea groups is 1. The lowest BCUT2D eigenvalue weighted by atomic mass is 10.2. The van der Waals surface area contributed by atoms with Gasteiger partial charge in [-0.25, -0.2) is 10.2 Å². The van der Waals surface area contributed by atoms with E-state index in [1.54, 1.807) is 36.4 Å². The molecule has 0 unspecified atom stereocenters. The Morgan fingerprint density at radius 3 is 2.71 bits per heavy atom. The number of halogens is 2. The van der Waals surface area contributed by atoms with Gasteiger partial charge in [-0.15, -0.1) is 0 Å². The van der Waals surface area contributed by atoms with Crippen LogP contribution in [0.3, 0.4) is 0 Å². The van der Waals surface area contributed by atoms with Crippen molar-refractivity contribution >= 4 is 35.4 Å². The lowest BCUT2D eigenvalue weighted by Crippen LogP contribution is -2.24. The molecule has 2 rings (SSSR count). The number of hydrogen-bond donors (Lipinski definition) is 2. The number of nitrogens with zero attached hydrogens (tertiary/aromatic N) is 1. The quantitative estimate of drug-likeness (QED) is 0.604. The zero-order valence-electron chi connectivity index (χ0n) is 12.8. The van der Waals surface area contributed by atoms with Crippen molar-refractivity contribution in [2.75, 3.05) is 7.11 Å². The van der Waals surface area contributed by atoms with Crippen LogP contribution in [0.2, 0.25) is 10.0 Å². The molecule has 0 bridgehead atoms. The minimum absolute atomic E-state index is 0.267. The van der Waals surface area contributed by atoms with Gasteiger partial charge in [0.25, 0.3) is 0 Å². The highest BCUT2D eigenvalue weighted by atomic mass is 35.5. The van der Waals surface area contributed by atoms with Gasteiger partial charge in [-0.3, -0.25) is 0 Å². The second-order valence-electron chi connectivity index (χ2n) is 4.67. The number of hydrogen-bond acceptors (Lipinski definition) is 4. The number of rotatable bonds is 6. The van der Waals surface area contributed by atoms with Gasteiger partial charge in [0.2, 0.25) is 0 Å². The van der Waals surface area contributed by atoms with Gasteiger partial charge in [-0.2, -0.15) is 5.10 Å². The zero-order chi connectivity index (χ0) is 17.5. The smallest absolute Gasteiger partial charge is 0.332 e. The number of carbonyl (C=O) groups is 1. The molecule has 3 N–H and O–H groups in total. The minimum atomic E-state index is -0.738. The molecule has 0 saturated carbocycles. The number of ether oxygens (including phenoxy) is 2. The number of carbonyl (C=O) groups excluding carboxylic acids is 1. The highest BCUT2D eigenvalue weighted by molar-refractivity contribution is 6.35. The number of hydrazone groups is 1. The van der Waals surface area contributed by atoms with Crippen molar-refractivity contribution in [2.24, 2.45) is 10.8 Å². The van der Waals surface area contributed by atoms with E-state index in [1.165, 1.54) is 13.3 Å². The van der Waals surface area contributed by atoms with E-state index in [9.17, 15) is 4.79 Å². The van der Waals surface area contributed by atoms with Crippen molar-refractivity contribution in [3.8, 4) is 11.5 Å². The van der Waals surface area contributed by atoms with E-state index in [-0.39, 0.29) is 6.61 Å².